The van der Waals surface area contributed by atoms with E-state index in [4.69, 9.17) is 4.74 Å². The van der Waals surface area contributed by atoms with Gasteiger partial charge in [0.25, 0.3) is 5.91 Å². The first-order chi connectivity index (χ1) is 13.9. The number of ether oxygens (including phenoxy) is 1. The molecule has 0 bridgehead atoms. The van der Waals surface area contributed by atoms with Crippen LogP contribution in [0.5, 0.6) is 5.75 Å². The van der Waals surface area contributed by atoms with Gasteiger partial charge in [-0.15, -0.1) is 6.58 Å². The molecule has 0 saturated carbocycles. The van der Waals surface area contributed by atoms with Crippen LogP contribution in [0.3, 0.4) is 0 Å². The second kappa shape index (κ2) is 8.59. The number of imide groups is 1. The second-order valence-corrected chi connectivity index (χ2v) is 8.28. The summed E-state index contributed by atoms with van der Waals surface area (Å²) in [6, 6.07) is 13.2. The number of carbonyl (C=O) groups is 2. The molecule has 3 rings (SSSR count). The first-order valence-corrected chi connectivity index (χ1v) is 10.6. The molecule has 2 aromatic carbocycles. The molecule has 1 fully saturated rings. The van der Waals surface area contributed by atoms with Gasteiger partial charge in [0.2, 0.25) is 15.9 Å². The van der Waals surface area contributed by atoms with Gasteiger partial charge in [-0.3, -0.25) is 9.59 Å². The molecule has 2 aromatic rings. The summed E-state index contributed by atoms with van der Waals surface area (Å²) in [5.74, 6) is -0.422. The Bertz CT molecular complexity index is 1000. The van der Waals surface area contributed by atoms with E-state index in [-0.39, 0.29) is 17.9 Å². The normalized spacial score (nSPS) is 17.0. The molecule has 0 N–H and O–H groups in total. The summed E-state index contributed by atoms with van der Waals surface area (Å²) >= 11 is 0. The third-order valence-corrected chi connectivity index (χ3v) is 6.42. The van der Waals surface area contributed by atoms with Crippen molar-refractivity contribution in [2.75, 3.05) is 18.1 Å². The molecule has 0 spiro atoms. The topological polar surface area (TPSA) is 84.0 Å². The molecule has 7 nitrogen and oxygen atoms in total. The maximum absolute atomic E-state index is 13.1. The average molecular weight is 414 g/mol. The quantitative estimate of drug-likeness (QED) is 0.490. The first kappa shape index (κ1) is 20.8. The second-order valence-electron chi connectivity index (χ2n) is 6.39. The van der Waals surface area contributed by atoms with Gasteiger partial charge in [-0.25, -0.2) is 13.3 Å². The van der Waals surface area contributed by atoms with Crippen LogP contribution < -0.4 is 9.64 Å². The number of sulfonamides is 1. The molecule has 2 amide bonds. The molecule has 29 heavy (non-hydrogen) atoms. The lowest BCUT2D eigenvalue weighted by Gasteiger charge is -2.25. The van der Waals surface area contributed by atoms with E-state index >= 15 is 0 Å². The van der Waals surface area contributed by atoms with E-state index in [0.29, 0.717) is 18.0 Å². The lowest BCUT2D eigenvalue weighted by molar-refractivity contribution is -0.122. The van der Waals surface area contributed by atoms with Crippen LogP contribution in [0, 0.1) is 0 Å². The summed E-state index contributed by atoms with van der Waals surface area (Å²) in [4.78, 5) is 26.7. The SMILES string of the molecule is C=CCN(C1CC(=O)N(c2ccc(OCC)cc2)C1=O)S(=O)(=O)c1ccccc1. The van der Waals surface area contributed by atoms with Gasteiger partial charge in [-0.1, -0.05) is 24.3 Å². The number of nitrogens with zero attached hydrogens (tertiary/aromatic N) is 2. The van der Waals surface area contributed by atoms with Crippen LogP contribution in [0.25, 0.3) is 0 Å². The number of rotatable bonds is 8. The monoisotopic (exact) mass is 414 g/mol. The van der Waals surface area contributed by atoms with Crippen molar-refractivity contribution in [1.82, 2.24) is 4.31 Å². The van der Waals surface area contributed by atoms with E-state index in [9.17, 15) is 18.0 Å². The summed E-state index contributed by atoms with van der Waals surface area (Å²) in [5, 5.41) is 0. The highest BCUT2D eigenvalue weighted by atomic mass is 32.2. The zero-order chi connectivity index (χ0) is 21.0. The fraction of sp³-hybridized carbons (Fsp3) is 0.238. The third-order valence-electron chi connectivity index (χ3n) is 4.54. The average Bonchev–Trinajstić information content (AvgIpc) is 3.01. The molecule has 1 atom stereocenters. The predicted octanol–water partition coefficient (Wildman–Crippen LogP) is 2.59. The molecule has 0 radical (unpaired) electrons. The van der Waals surface area contributed by atoms with Crippen molar-refractivity contribution in [3.8, 4) is 5.75 Å². The number of benzene rings is 2. The molecule has 1 aliphatic heterocycles. The maximum Gasteiger partial charge on any atom is 0.252 e. The minimum atomic E-state index is -3.98. The molecule has 1 aliphatic rings. The van der Waals surface area contributed by atoms with E-state index in [0.717, 1.165) is 9.21 Å². The van der Waals surface area contributed by atoms with Crippen LogP contribution in [-0.2, 0) is 19.6 Å². The van der Waals surface area contributed by atoms with Crippen LogP contribution in [0.1, 0.15) is 13.3 Å². The lowest BCUT2D eigenvalue weighted by atomic mass is 10.2. The maximum atomic E-state index is 13.1. The van der Waals surface area contributed by atoms with Crippen molar-refractivity contribution >= 4 is 27.5 Å². The number of amides is 2. The molecule has 0 aromatic heterocycles. The van der Waals surface area contributed by atoms with Crippen molar-refractivity contribution in [2.24, 2.45) is 0 Å². The number of carbonyl (C=O) groups excluding carboxylic acids is 2. The van der Waals surface area contributed by atoms with E-state index in [2.05, 4.69) is 6.58 Å². The molecule has 8 heteroatoms. The smallest absolute Gasteiger partial charge is 0.252 e. The fourth-order valence-corrected chi connectivity index (χ4v) is 4.79. The van der Waals surface area contributed by atoms with Crippen molar-refractivity contribution in [1.29, 1.82) is 0 Å². The van der Waals surface area contributed by atoms with Gasteiger partial charge in [0.1, 0.15) is 11.8 Å². The van der Waals surface area contributed by atoms with Crippen molar-refractivity contribution in [2.45, 2.75) is 24.3 Å². The Morgan fingerprint density at radius 2 is 1.79 bits per heavy atom. The minimum Gasteiger partial charge on any atom is -0.494 e. The number of anilines is 1. The van der Waals surface area contributed by atoms with Crippen LogP contribution in [-0.4, -0.2) is 43.7 Å². The zero-order valence-electron chi connectivity index (χ0n) is 16.0. The fourth-order valence-electron chi connectivity index (χ4n) is 3.22. The Morgan fingerprint density at radius 3 is 2.38 bits per heavy atom. The minimum absolute atomic E-state index is 0.0571. The van der Waals surface area contributed by atoms with Crippen molar-refractivity contribution in [3.05, 3.63) is 67.3 Å². The largest absolute Gasteiger partial charge is 0.494 e. The van der Waals surface area contributed by atoms with Gasteiger partial charge in [0.15, 0.2) is 0 Å². The lowest BCUT2D eigenvalue weighted by Crippen LogP contribution is -2.45. The third kappa shape index (κ3) is 4.08. The molecular weight excluding hydrogens is 392 g/mol. The van der Waals surface area contributed by atoms with Gasteiger partial charge in [0, 0.05) is 6.54 Å². The predicted molar refractivity (Wildman–Crippen MR) is 109 cm³/mol. The van der Waals surface area contributed by atoms with Gasteiger partial charge < -0.3 is 4.74 Å². The molecule has 1 heterocycles. The summed E-state index contributed by atoms with van der Waals surface area (Å²) in [6.45, 7) is 5.86. The molecule has 0 aliphatic carbocycles. The standard InChI is InChI=1S/C21H22N2O5S/c1-3-14-22(29(26,27)18-8-6-5-7-9-18)19-15-20(24)23(21(19)25)16-10-12-17(13-11-16)28-4-2/h3,5-13,19H,1,4,14-15H2,2H3. The summed E-state index contributed by atoms with van der Waals surface area (Å²) < 4.78 is 32.6. The Labute approximate surface area is 170 Å². The Balaban J connectivity index is 1.92. The Morgan fingerprint density at radius 1 is 1.14 bits per heavy atom. The highest BCUT2D eigenvalue weighted by Crippen LogP contribution is 2.30. The molecular formula is C21H22N2O5S. The van der Waals surface area contributed by atoms with Gasteiger partial charge in [0.05, 0.1) is 23.6 Å². The van der Waals surface area contributed by atoms with Crippen LogP contribution in [0.2, 0.25) is 0 Å². The Kier molecular flexibility index (Phi) is 6.14. The van der Waals surface area contributed by atoms with Crippen LogP contribution in [0.15, 0.2) is 72.1 Å². The van der Waals surface area contributed by atoms with Gasteiger partial charge in [-0.05, 0) is 43.3 Å². The Hall–Kier alpha value is -2.97. The number of hydrogen-bond acceptors (Lipinski definition) is 5. The number of hydrogen-bond donors (Lipinski definition) is 0. The highest BCUT2D eigenvalue weighted by molar-refractivity contribution is 7.89. The van der Waals surface area contributed by atoms with E-state index in [1.54, 1.807) is 42.5 Å². The van der Waals surface area contributed by atoms with E-state index in [1.807, 2.05) is 6.92 Å². The van der Waals surface area contributed by atoms with Crippen LogP contribution in [0.4, 0.5) is 5.69 Å². The summed E-state index contributed by atoms with van der Waals surface area (Å²) in [5.41, 5.74) is 0.376. The van der Waals surface area contributed by atoms with E-state index in [1.165, 1.54) is 18.2 Å². The first-order valence-electron chi connectivity index (χ1n) is 9.17. The van der Waals surface area contributed by atoms with Crippen LogP contribution >= 0.6 is 0 Å². The van der Waals surface area contributed by atoms with Gasteiger partial charge in [-0.2, -0.15) is 4.31 Å². The highest BCUT2D eigenvalue weighted by Gasteiger charge is 2.46. The van der Waals surface area contributed by atoms with Crippen molar-refractivity contribution in [3.63, 3.8) is 0 Å². The molecule has 1 unspecified atom stereocenters. The van der Waals surface area contributed by atoms with Crippen molar-refractivity contribution < 1.29 is 22.7 Å². The summed E-state index contributed by atoms with van der Waals surface area (Å²) in [6.07, 6.45) is 1.17. The van der Waals surface area contributed by atoms with Gasteiger partial charge >= 0.3 is 0 Å². The van der Waals surface area contributed by atoms with E-state index < -0.39 is 27.9 Å². The zero-order valence-corrected chi connectivity index (χ0v) is 16.8. The molecule has 1 saturated heterocycles. The molecule has 152 valence electrons. The summed E-state index contributed by atoms with van der Waals surface area (Å²) in [7, 11) is -3.98.